The third kappa shape index (κ3) is 3.41. The first-order valence-electron chi connectivity index (χ1n) is 3.61. The summed E-state index contributed by atoms with van der Waals surface area (Å²) >= 11 is 0. The molecule has 2 heteroatoms. The van der Waals surface area contributed by atoms with Gasteiger partial charge in [0.2, 0.25) is 0 Å². The molecule has 0 aliphatic rings. The molecule has 0 aromatic heterocycles. The second-order valence-electron chi connectivity index (χ2n) is 2.35. The summed E-state index contributed by atoms with van der Waals surface area (Å²) in [5.41, 5.74) is 5.49. The van der Waals surface area contributed by atoms with Crippen LogP contribution in [0.2, 0.25) is 0 Å². The van der Waals surface area contributed by atoms with E-state index in [0.717, 1.165) is 6.42 Å². The van der Waals surface area contributed by atoms with E-state index < -0.39 is 0 Å². The van der Waals surface area contributed by atoms with Crippen molar-refractivity contribution in [2.45, 2.75) is 32.2 Å². The van der Waals surface area contributed by atoms with E-state index in [1.54, 1.807) is 6.08 Å². The molecule has 1 atom stereocenters. The van der Waals surface area contributed by atoms with E-state index in [1.165, 1.54) is 0 Å². The summed E-state index contributed by atoms with van der Waals surface area (Å²) in [5.74, 6) is 0.141. The van der Waals surface area contributed by atoms with Crippen LogP contribution >= 0.6 is 0 Å². The Bertz CT molecular complexity index is 120. The maximum absolute atomic E-state index is 11.0. The van der Waals surface area contributed by atoms with Gasteiger partial charge in [0.25, 0.3) is 0 Å². The standard InChI is InChI=1S/C8H15NO/c1-3-5-7(9)8(10)6-4-2/h3,7H,1,4-6,9H2,2H3. The van der Waals surface area contributed by atoms with Gasteiger partial charge >= 0.3 is 0 Å². The molecule has 0 aromatic rings. The molecular weight excluding hydrogens is 126 g/mol. The van der Waals surface area contributed by atoms with Crippen molar-refractivity contribution in [1.82, 2.24) is 0 Å². The Morgan fingerprint density at radius 1 is 1.80 bits per heavy atom. The molecule has 0 fully saturated rings. The lowest BCUT2D eigenvalue weighted by Gasteiger charge is -2.05. The Hall–Kier alpha value is -0.630. The van der Waals surface area contributed by atoms with Gasteiger partial charge in [0.15, 0.2) is 0 Å². The lowest BCUT2D eigenvalue weighted by Crippen LogP contribution is -2.29. The molecule has 0 saturated heterocycles. The first-order chi connectivity index (χ1) is 4.72. The Balaban J connectivity index is 3.58. The van der Waals surface area contributed by atoms with Gasteiger partial charge < -0.3 is 5.73 Å². The van der Waals surface area contributed by atoms with Crippen LogP contribution in [-0.4, -0.2) is 11.8 Å². The molecular formula is C8H15NO. The highest BCUT2D eigenvalue weighted by molar-refractivity contribution is 5.83. The monoisotopic (exact) mass is 141 g/mol. The zero-order valence-electron chi connectivity index (χ0n) is 6.47. The van der Waals surface area contributed by atoms with Gasteiger partial charge in [-0.15, -0.1) is 6.58 Å². The molecule has 0 aromatic carbocycles. The van der Waals surface area contributed by atoms with E-state index in [1.807, 2.05) is 6.92 Å². The van der Waals surface area contributed by atoms with Crippen LogP contribution in [0, 0.1) is 0 Å². The quantitative estimate of drug-likeness (QED) is 0.586. The molecule has 2 nitrogen and oxygen atoms in total. The van der Waals surface area contributed by atoms with Gasteiger partial charge in [0.1, 0.15) is 5.78 Å². The first kappa shape index (κ1) is 9.37. The van der Waals surface area contributed by atoms with Crippen LogP contribution in [0.25, 0.3) is 0 Å². The largest absolute Gasteiger partial charge is 0.321 e. The number of carbonyl (C=O) groups excluding carboxylic acids is 1. The predicted octanol–water partition coefficient (Wildman–Crippen LogP) is 1.26. The fourth-order valence-corrected chi connectivity index (χ4v) is 0.743. The van der Waals surface area contributed by atoms with Crippen molar-refractivity contribution in [1.29, 1.82) is 0 Å². The molecule has 0 saturated carbocycles. The van der Waals surface area contributed by atoms with E-state index in [4.69, 9.17) is 5.73 Å². The van der Waals surface area contributed by atoms with E-state index in [2.05, 4.69) is 6.58 Å². The van der Waals surface area contributed by atoms with Gasteiger partial charge in [0.05, 0.1) is 6.04 Å². The summed E-state index contributed by atoms with van der Waals surface area (Å²) < 4.78 is 0. The van der Waals surface area contributed by atoms with Crippen LogP contribution in [-0.2, 0) is 4.79 Å². The highest BCUT2D eigenvalue weighted by Crippen LogP contribution is 1.97. The van der Waals surface area contributed by atoms with Gasteiger partial charge in [-0.1, -0.05) is 13.0 Å². The van der Waals surface area contributed by atoms with Gasteiger partial charge in [-0.05, 0) is 12.8 Å². The molecule has 0 aliphatic carbocycles. The minimum Gasteiger partial charge on any atom is -0.321 e. The third-order valence-corrected chi connectivity index (χ3v) is 1.33. The van der Waals surface area contributed by atoms with Crippen molar-refractivity contribution < 1.29 is 4.79 Å². The molecule has 10 heavy (non-hydrogen) atoms. The molecule has 0 heterocycles. The van der Waals surface area contributed by atoms with Crippen molar-refractivity contribution in [3.05, 3.63) is 12.7 Å². The van der Waals surface area contributed by atoms with E-state index >= 15 is 0 Å². The Morgan fingerprint density at radius 2 is 2.40 bits per heavy atom. The topological polar surface area (TPSA) is 43.1 Å². The van der Waals surface area contributed by atoms with Crippen molar-refractivity contribution >= 4 is 5.78 Å². The minimum atomic E-state index is -0.322. The van der Waals surface area contributed by atoms with Crippen LogP contribution in [0.5, 0.6) is 0 Å². The minimum absolute atomic E-state index is 0.141. The van der Waals surface area contributed by atoms with Gasteiger partial charge in [0, 0.05) is 6.42 Å². The first-order valence-corrected chi connectivity index (χ1v) is 3.61. The Labute approximate surface area is 62.1 Å². The molecule has 0 radical (unpaired) electrons. The average Bonchev–Trinajstić information content (AvgIpc) is 1.89. The number of rotatable bonds is 5. The molecule has 0 amide bonds. The Morgan fingerprint density at radius 3 is 2.80 bits per heavy atom. The van der Waals surface area contributed by atoms with Crippen molar-refractivity contribution in [2.75, 3.05) is 0 Å². The number of carbonyl (C=O) groups is 1. The van der Waals surface area contributed by atoms with Crippen LogP contribution < -0.4 is 5.73 Å². The second-order valence-corrected chi connectivity index (χ2v) is 2.35. The van der Waals surface area contributed by atoms with Crippen molar-refractivity contribution in [3.63, 3.8) is 0 Å². The number of hydrogen-bond donors (Lipinski definition) is 1. The highest BCUT2D eigenvalue weighted by atomic mass is 16.1. The van der Waals surface area contributed by atoms with Gasteiger partial charge in [-0.25, -0.2) is 0 Å². The molecule has 0 bridgehead atoms. The summed E-state index contributed by atoms with van der Waals surface area (Å²) in [6.45, 7) is 5.48. The molecule has 1 unspecified atom stereocenters. The number of Topliss-reactive ketones (excluding diaryl/α,β-unsaturated/α-hetero) is 1. The third-order valence-electron chi connectivity index (χ3n) is 1.33. The molecule has 0 rings (SSSR count). The fraction of sp³-hybridized carbons (Fsp3) is 0.625. The molecule has 0 spiro atoms. The Kier molecular flexibility index (Phi) is 4.85. The lowest BCUT2D eigenvalue weighted by molar-refractivity contribution is -0.120. The van der Waals surface area contributed by atoms with E-state index in [0.29, 0.717) is 12.8 Å². The maximum atomic E-state index is 11.0. The highest BCUT2D eigenvalue weighted by Gasteiger charge is 2.08. The SMILES string of the molecule is C=CCC(N)C(=O)CCC. The lowest BCUT2D eigenvalue weighted by atomic mass is 10.1. The van der Waals surface area contributed by atoms with Crippen LogP contribution in [0.3, 0.4) is 0 Å². The van der Waals surface area contributed by atoms with Crippen molar-refractivity contribution in [3.8, 4) is 0 Å². The number of nitrogens with two attached hydrogens (primary N) is 1. The van der Waals surface area contributed by atoms with E-state index in [-0.39, 0.29) is 11.8 Å². The summed E-state index contributed by atoms with van der Waals surface area (Å²) in [6, 6.07) is -0.322. The summed E-state index contributed by atoms with van der Waals surface area (Å²) in [7, 11) is 0. The average molecular weight is 141 g/mol. The van der Waals surface area contributed by atoms with Gasteiger partial charge in [-0.3, -0.25) is 4.79 Å². The summed E-state index contributed by atoms with van der Waals surface area (Å²) in [6.07, 6.45) is 3.75. The smallest absolute Gasteiger partial charge is 0.149 e. The zero-order chi connectivity index (χ0) is 7.98. The summed E-state index contributed by atoms with van der Waals surface area (Å²) in [4.78, 5) is 11.0. The summed E-state index contributed by atoms with van der Waals surface area (Å²) in [5, 5.41) is 0. The molecule has 2 N–H and O–H groups in total. The predicted molar refractivity (Wildman–Crippen MR) is 42.7 cm³/mol. The fourth-order valence-electron chi connectivity index (χ4n) is 0.743. The normalized spacial score (nSPS) is 12.6. The number of hydrogen-bond acceptors (Lipinski definition) is 2. The zero-order valence-corrected chi connectivity index (χ0v) is 6.47. The second kappa shape index (κ2) is 5.18. The molecule has 0 aliphatic heterocycles. The number of ketones is 1. The van der Waals surface area contributed by atoms with Crippen LogP contribution in [0.1, 0.15) is 26.2 Å². The molecule has 58 valence electrons. The van der Waals surface area contributed by atoms with Crippen LogP contribution in [0.4, 0.5) is 0 Å². The van der Waals surface area contributed by atoms with E-state index in [9.17, 15) is 4.79 Å². The van der Waals surface area contributed by atoms with Crippen LogP contribution in [0.15, 0.2) is 12.7 Å². The van der Waals surface area contributed by atoms with Gasteiger partial charge in [-0.2, -0.15) is 0 Å². The van der Waals surface area contributed by atoms with Crippen molar-refractivity contribution in [2.24, 2.45) is 5.73 Å². The maximum Gasteiger partial charge on any atom is 0.149 e.